The molecule has 2 rings (SSSR count). The summed E-state index contributed by atoms with van der Waals surface area (Å²) in [6.07, 6.45) is 0. The molecule has 0 aliphatic rings. The Labute approximate surface area is 141 Å². The fraction of sp³-hybridized carbons (Fsp3) is 0.211. The van der Waals surface area contributed by atoms with Crippen LogP contribution in [0.3, 0.4) is 0 Å². The van der Waals surface area contributed by atoms with Crippen molar-refractivity contribution in [2.24, 2.45) is 0 Å². The number of Topliss-reactive ketones (excluding diaryl/α,β-unsaturated/α-hetero) is 1. The number of hydrogen-bond donors (Lipinski definition) is 1. The van der Waals surface area contributed by atoms with Crippen LogP contribution in [0.15, 0.2) is 48.5 Å². The molecule has 0 fully saturated rings. The first-order valence-corrected chi connectivity index (χ1v) is 7.60. The second-order valence-electron chi connectivity index (χ2n) is 5.77. The first-order valence-electron chi connectivity index (χ1n) is 7.60. The summed E-state index contributed by atoms with van der Waals surface area (Å²) in [6, 6.07) is 14.1. The molecule has 0 unspecified atom stereocenters. The van der Waals surface area contributed by atoms with Crippen LogP contribution in [-0.2, 0) is 9.59 Å². The molecule has 1 N–H and O–H groups in total. The van der Waals surface area contributed by atoms with Crippen LogP contribution < -0.4 is 5.32 Å². The maximum atomic E-state index is 12.2. The lowest BCUT2D eigenvalue weighted by molar-refractivity contribution is -0.129. The first-order chi connectivity index (χ1) is 11.4. The van der Waals surface area contributed by atoms with Crippen LogP contribution in [-0.4, -0.2) is 36.1 Å². The summed E-state index contributed by atoms with van der Waals surface area (Å²) in [5, 5.41) is 2.70. The number of amides is 2. The number of ketones is 1. The third kappa shape index (κ3) is 4.52. The number of likely N-dealkylation sites (N-methyl/N-ethyl adjacent to an activating group) is 1. The summed E-state index contributed by atoms with van der Waals surface area (Å²) >= 11 is 0. The van der Waals surface area contributed by atoms with Crippen LogP contribution in [0.5, 0.6) is 0 Å². The second-order valence-corrected chi connectivity index (χ2v) is 5.77. The topological polar surface area (TPSA) is 66.5 Å². The average Bonchev–Trinajstić information content (AvgIpc) is 2.56. The molecule has 124 valence electrons. The normalized spacial score (nSPS) is 10.1. The van der Waals surface area contributed by atoms with Crippen molar-refractivity contribution in [3.8, 4) is 0 Å². The van der Waals surface area contributed by atoms with Gasteiger partial charge in [0, 0.05) is 18.3 Å². The summed E-state index contributed by atoms with van der Waals surface area (Å²) in [5.74, 6) is -1.69. The Kier molecular flexibility index (Phi) is 5.47. The van der Waals surface area contributed by atoms with E-state index in [0.717, 1.165) is 16.0 Å². The summed E-state index contributed by atoms with van der Waals surface area (Å²) < 4.78 is 0. The Morgan fingerprint density at radius 3 is 1.92 bits per heavy atom. The van der Waals surface area contributed by atoms with Gasteiger partial charge < -0.3 is 10.2 Å². The average molecular weight is 324 g/mol. The molecule has 0 saturated heterocycles. The predicted molar refractivity (Wildman–Crippen MR) is 93.0 cm³/mol. The minimum absolute atomic E-state index is 0.190. The highest BCUT2D eigenvalue weighted by molar-refractivity contribution is 6.42. The lowest BCUT2D eigenvalue weighted by atomic mass is 10.1. The number of rotatable bonds is 5. The summed E-state index contributed by atoms with van der Waals surface area (Å²) in [7, 11) is 1.43. The Morgan fingerprint density at radius 1 is 0.875 bits per heavy atom. The SMILES string of the molecule is Cc1ccc(NC(=O)CN(C)C(=O)C(=O)c2ccc(C)cc2)cc1. The van der Waals surface area contributed by atoms with Gasteiger partial charge in [-0.05, 0) is 26.0 Å². The molecule has 2 amide bonds. The van der Waals surface area contributed by atoms with Gasteiger partial charge in [-0.15, -0.1) is 0 Å². The standard InChI is InChI=1S/C19H20N2O3/c1-13-4-8-15(9-5-13)18(23)19(24)21(3)12-17(22)20-16-10-6-14(2)7-11-16/h4-11H,12H2,1-3H3,(H,20,22). The van der Waals surface area contributed by atoms with Crippen LogP contribution in [0.1, 0.15) is 21.5 Å². The van der Waals surface area contributed by atoms with Crippen molar-refractivity contribution >= 4 is 23.3 Å². The molecular formula is C19H20N2O3. The predicted octanol–water partition coefficient (Wildman–Crippen LogP) is 2.58. The van der Waals surface area contributed by atoms with E-state index >= 15 is 0 Å². The number of hydrogen-bond acceptors (Lipinski definition) is 3. The Balaban J connectivity index is 1.95. The van der Waals surface area contributed by atoms with Gasteiger partial charge in [-0.3, -0.25) is 14.4 Å². The molecule has 0 saturated carbocycles. The smallest absolute Gasteiger partial charge is 0.295 e. The van der Waals surface area contributed by atoms with Crippen LogP contribution in [0.4, 0.5) is 5.69 Å². The molecule has 0 radical (unpaired) electrons. The van der Waals surface area contributed by atoms with Gasteiger partial charge in [-0.25, -0.2) is 0 Å². The van der Waals surface area contributed by atoms with Gasteiger partial charge in [0.15, 0.2) is 0 Å². The zero-order valence-electron chi connectivity index (χ0n) is 14.0. The number of nitrogens with zero attached hydrogens (tertiary/aromatic N) is 1. The molecule has 0 bridgehead atoms. The highest BCUT2D eigenvalue weighted by Gasteiger charge is 2.22. The monoisotopic (exact) mass is 324 g/mol. The number of aryl methyl sites for hydroxylation is 2. The lowest BCUT2D eigenvalue weighted by Gasteiger charge is -2.16. The summed E-state index contributed by atoms with van der Waals surface area (Å²) in [6.45, 7) is 3.66. The van der Waals surface area contributed by atoms with Crippen molar-refractivity contribution in [1.82, 2.24) is 4.90 Å². The molecule has 0 spiro atoms. The quantitative estimate of drug-likeness (QED) is 0.679. The summed E-state index contributed by atoms with van der Waals surface area (Å²) in [5.41, 5.74) is 3.06. The second kappa shape index (κ2) is 7.55. The van der Waals surface area contributed by atoms with Gasteiger partial charge >= 0.3 is 0 Å². The third-order valence-electron chi connectivity index (χ3n) is 3.57. The fourth-order valence-corrected chi connectivity index (χ4v) is 2.13. The van der Waals surface area contributed by atoms with Gasteiger partial charge in [0.05, 0.1) is 6.54 Å². The zero-order valence-corrected chi connectivity index (χ0v) is 14.0. The van der Waals surface area contributed by atoms with E-state index in [1.165, 1.54) is 7.05 Å². The number of carbonyl (C=O) groups excluding carboxylic acids is 3. The van der Waals surface area contributed by atoms with Gasteiger partial charge in [-0.2, -0.15) is 0 Å². The zero-order chi connectivity index (χ0) is 17.7. The van der Waals surface area contributed by atoms with E-state index in [4.69, 9.17) is 0 Å². The van der Waals surface area contributed by atoms with Gasteiger partial charge in [0.25, 0.3) is 5.91 Å². The lowest BCUT2D eigenvalue weighted by Crippen LogP contribution is -2.38. The molecule has 0 atom stereocenters. The highest BCUT2D eigenvalue weighted by atomic mass is 16.2. The minimum Gasteiger partial charge on any atom is -0.330 e. The molecule has 24 heavy (non-hydrogen) atoms. The first kappa shape index (κ1) is 17.4. The minimum atomic E-state index is -0.710. The van der Waals surface area contributed by atoms with Crippen LogP contribution >= 0.6 is 0 Å². The Morgan fingerprint density at radius 2 is 1.38 bits per heavy atom. The fourth-order valence-electron chi connectivity index (χ4n) is 2.13. The van der Waals surface area contributed by atoms with Crippen LogP contribution in [0, 0.1) is 13.8 Å². The molecule has 5 nitrogen and oxygen atoms in total. The molecule has 0 aliphatic heterocycles. The molecule has 0 heterocycles. The molecule has 2 aromatic rings. The number of anilines is 1. The Hall–Kier alpha value is -2.95. The van der Waals surface area contributed by atoms with E-state index in [1.807, 2.05) is 26.0 Å². The van der Waals surface area contributed by atoms with E-state index in [1.54, 1.807) is 36.4 Å². The molecule has 0 aromatic heterocycles. The number of benzene rings is 2. The summed E-state index contributed by atoms with van der Waals surface area (Å²) in [4.78, 5) is 37.4. The van der Waals surface area contributed by atoms with Crippen LogP contribution in [0.2, 0.25) is 0 Å². The van der Waals surface area contributed by atoms with Crippen molar-refractivity contribution in [2.75, 3.05) is 18.9 Å². The third-order valence-corrected chi connectivity index (χ3v) is 3.57. The molecular weight excluding hydrogens is 304 g/mol. The number of carbonyl (C=O) groups is 3. The van der Waals surface area contributed by atoms with E-state index in [-0.39, 0.29) is 12.5 Å². The van der Waals surface area contributed by atoms with Crippen molar-refractivity contribution in [3.05, 3.63) is 65.2 Å². The highest BCUT2D eigenvalue weighted by Crippen LogP contribution is 2.09. The Bertz CT molecular complexity index is 749. The molecule has 0 aliphatic carbocycles. The van der Waals surface area contributed by atoms with E-state index in [0.29, 0.717) is 11.3 Å². The van der Waals surface area contributed by atoms with E-state index in [2.05, 4.69) is 5.32 Å². The van der Waals surface area contributed by atoms with Crippen molar-refractivity contribution in [3.63, 3.8) is 0 Å². The van der Waals surface area contributed by atoms with Crippen molar-refractivity contribution in [1.29, 1.82) is 0 Å². The van der Waals surface area contributed by atoms with E-state index in [9.17, 15) is 14.4 Å². The van der Waals surface area contributed by atoms with Crippen LogP contribution in [0.25, 0.3) is 0 Å². The maximum Gasteiger partial charge on any atom is 0.295 e. The van der Waals surface area contributed by atoms with Gasteiger partial charge in [0.2, 0.25) is 11.7 Å². The maximum absolute atomic E-state index is 12.2. The van der Waals surface area contributed by atoms with Crippen molar-refractivity contribution < 1.29 is 14.4 Å². The van der Waals surface area contributed by atoms with Crippen molar-refractivity contribution in [2.45, 2.75) is 13.8 Å². The number of nitrogens with one attached hydrogen (secondary N) is 1. The van der Waals surface area contributed by atoms with Gasteiger partial charge in [0.1, 0.15) is 0 Å². The largest absolute Gasteiger partial charge is 0.330 e. The molecule has 5 heteroatoms. The molecule has 2 aromatic carbocycles. The van der Waals surface area contributed by atoms with E-state index < -0.39 is 11.7 Å². The van der Waals surface area contributed by atoms with Gasteiger partial charge in [-0.1, -0.05) is 47.5 Å².